The molecule has 0 atom stereocenters. The first-order valence-corrected chi connectivity index (χ1v) is 6.61. The number of nitrogens with two attached hydrogens (primary N) is 1. The summed E-state index contributed by atoms with van der Waals surface area (Å²) in [6, 6.07) is 9.01. The minimum atomic E-state index is -0.436. The molecule has 0 aliphatic carbocycles. The Hall–Kier alpha value is -2.18. The van der Waals surface area contributed by atoms with Gasteiger partial charge in [0, 0.05) is 5.56 Å². The highest BCUT2D eigenvalue weighted by Crippen LogP contribution is 2.28. The maximum absolute atomic E-state index is 13.1. The SMILES string of the molecule is Nc1cc(-c2nnnn2-c2ccc(F)cc2Cl)ccc1Cl. The van der Waals surface area contributed by atoms with Gasteiger partial charge in [-0.25, -0.2) is 4.39 Å². The Morgan fingerprint density at radius 2 is 1.86 bits per heavy atom. The van der Waals surface area contributed by atoms with Gasteiger partial charge in [-0.15, -0.1) is 5.10 Å². The standard InChI is InChI=1S/C13H8Cl2FN5/c14-9-3-1-7(5-11(9)17)13-18-19-20-21(13)12-4-2-8(16)6-10(12)15/h1-6H,17H2. The molecule has 5 nitrogen and oxygen atoms in total. The van der Waals surface area contributed by atoms with Crippen LogP contribution in [-0.2, 0) is 0 Å². The van der Waals surface area contributed by atoms with Crippen LogP contribution < -0.4 is 5.73 Å². The van der Waals surface area contributed by atoms with Crippen LogP contribution in [0.4, 0.5) is 10.1 Å². The van der Waals surface area contributed by atoms with Crippen molar-refractivity contribution in [2.75, 3.05) is 5.73 Å². The Morgan fingerprint density at radius 3 is 2.57 bits per heavy atom. The third-order valence-corrected chi connectivity index (χ3v) is 3.51. The van der Waals surface area contributed by atoms with Crippen LogP contribution in [-0.4, -0.2) is 20.2 Å². The minimum Gasteiger partial charge on any atom is -0.398 e. The lowest BCUT2D eigenvalue weighted by molar-refractivity contribution is 0.627. The van der Waals surface area contributed by atoms with Gasteiger partial charge in [-0.05, 0) is 46.8 Å². The number of tetrazole rings is 1. The number of nitrogen functional groups attached to an aromatic ring is 1. The maximum atomic E-state index is 13.1. The number of nitrogens with zero attached hydrogens (tertiary/aromatic N) is 4. The Balaban J connectivity index is 2.14. The van der Waals surface area contributed by atoms with Crippen molar-refractivity contribution in [1.82, 2.24) is 20.2 Å². The summed E-state index contributed by atoms with van der Waals surface area (Å²) in [4.78, 5) is 0. The fourth-order valence-electron chi connectivity index (χ4n) is 1.87. The molecule has 0 saturated heterocycles. The average molecular weight is 324 g/mol. The van der Waals surface area contributed by atoms with Crippen LogP contribution in [0.2, 0.25) is 10.0 Å². The molecule has 0 bridgehead atoms. The lowest BCUT2D eigenvalue weighted by atomic mass is 10.2. The number of hydrogen-bond acceptors (Lipinski definition) is 4. The molecule has 2 N–H and O–H groups in total. The van der Waals surface area contributed by atoms with Crippen LogP contribution in [0.15, 0.2) is 36.4 Å². The maximum Gasteiger partial charge on any atom is 0.187 e. The third-order valence-electron chi connectivity index (χ3n) is 2.86. The number of hydrogen-bond donors (Lipinski definition) is 1. The van der Waals surface area contributed by atoms with Crippen molar-refractivity contribution < 1.29 is 4.39 Å². The molecule has 0 spiro atoms. The highest BCUT2D eigenvalue weighted by molar-refractivity contribution is 6.33. The second kappa shape index (κ2) is 5.31. The number of aromatic nitrogens is 4. The molecule has 0 radical (unpaired) electrons. The average Bonchev–Trinajstić information content (AvgIpc) is 2.91. The van der Waals surface area contributed by atoms with Gasteiger partial charge in [-0.2, -0.15) is 4.68 Å². The summed E-state index contributed by atoms with van der Waals surface area (Å²) in [6.07, 6.45) is 0. The van der Waals surface area contributed by atoms with Crippen molar-refractivity contribution in [2.45, 2.75) is 0 Å². The summed E-state index contributed by atoms with van der Waals surface area (Å²) in [5.74, 6) is -0.0130. The van der Waals surface area contributed by atoms with E-state index < -0.39 is 5.82 Å². The van der Waals surface area contributed by atoms with Gasteiger partial charge in [0.05, 0.1) is 21.4 Å². The van der Waals surface area contributed by atoms with Crippen molar-refractivity contribution in [3.05, 3.63) is 52.3 Å². The highest BCUT2D eigenvalue weighted by Gasteiger charge is 2.14. The molecule has 0 fully saturated rings. The van der Waals surface area contributed by atoms with Crippen LogP contribution in [0, 0.1) is 5.82 Å². The Labute approximate surface area is 129 Å². The van der Waals surface area contributed by atoms with Crippen LogP contribution >= 0.6 is 23.2 Å². The van der Waals surface area contributed by atoms with E-state index in [1.165, 1.54) is 22.9 Å². The van der Waals surface area contributed by atoms with Gasteiger partial charge in [-0.1, -0.05) is 23.2 Å². The van der Waals surface area contributed by atoms with Gasteiger partial charge in [0.1, 0.15) is 5.82 Å². The van der Waals surface area contributed by atoms with Gasteiger partial charge >= 0.3 is 0 Å². The summed E-state index contributed by atoms with van der Waals surface area (Å²) in [6.45, 7) is 0. The molecule has 21 heavy (non-hydrogen) atoms. The van der Waals surface area contributed by atoms with E-state index in [9.17, 15) is 4.39 Å². The van der Waals surface area contributed by atoms with Gasteiger partial charge in [0.15, 0.2) is 5.82 Å². The normalized spacial score (nSPS) is 10.8. The van der Waals surface area contributed by atoms with Gasteiger partial charge in [0.2, 0.25) is 0 Å². The molecule has 1 heterocycles. The number of anilines is 1. The van der Waals surface area contributed by atoms with Gasteiger partial charge < -0.3 is 5.73 Å². The Morgan fingerprint density at radius 1 is 1.05 bits per heavy atom. The predicted octanol–water partition coefficient (Wildman–Crippen LogP) is 3.36. The van der Waals surface area contributed by atoms with E-state index >= 15 is 0 Å². The monoisotopic (exact) mass is 323 g/mol. The summed E-state index contributed by atoms with van der Waals surface area (Å²) in [5.41, 5.74) is 7.32. The Bertz CT molecular complexity index is 818. The Kier molecular flexibility index (Phi) is 3.48. The lowest BCUT2D eigenvalue weighted by Crippen LogP contribution is -2.01. The predicted molar refractivity (Wildman–Crippen MR) is 79.0 cm³/mol. The van der Waals surface area contributed by atoms with E-state index in [1.54, 1.807) is 18.2 Å². The molecule has 8 heteroatoms. The van der Waals surface area contributed by atoms with E-state index in [2.05, 4.69) is 15.5 Å². The van der Waals surface area contributed by atoms with E-state index in [4.69, 9.17) is 28.9 Å². The van der Waals surface area contributed by atoms with E-state index in [1.807, 2.05) is 0 Å². The van der Waals surface area contributed by atoms with Crippen molar-refractivity contribution >= 4 is 28.9 Å². The lowest BCUT2D eigenvalue weighted by Gasteiger charge is -2.07. The van der Waals surface area contributed by atoms with Crippen LogP contribution in [0.1, 0.15) is 0 Å². The molecule has 0 aliphatic heterocycles. The van der Waals surface area contributed by atoms with Crippen molar-refractivity contribution in [3.8, 4) is 17.1 Å². The van der Waals surface area contributed by atoms with Crippen LogP contribution in [0.25, 0.3) is 17.1 Å². The second-order valence-electron chi connectivity index (χ2n) is 4.25. The molecule has 0 amide bonds. The highest BCUT2D eigenvalue weighted by atomic mass is 35.5. The first kappa shape index (κ1) is 13.8. The van der Waals surface area contributed by atoms with E-state index in [-0.39, 0.29) is 5.02 Å². The topological polar surface area (TPSA) is 69.6 Å². The van der Waals surface area contributed by atoms with Crippen molar-refractivity contribution in [2.24, 2.45) is 0 Å². The summed E-state index contributed by atoms with van der Waals surface area (Å²) < 4.78 is 14.5. The van der Waals surface area contributed by atoms with Gasteiger partial charge in [0.25, 0.3) is 0 Å². The molecule has 0 aliphatic rings. The van der Waals surface area contributed by atoms with E-state index in [0.29, 0.717) is 27.8 Å². The third kappa shape index (κ3) is 2.55. The van der Waals surface area contributed by atoms with Crippen LogP contribution in [0.5, 0.6) is 0 Å². The molecular formula is C13H8Cl2FN5. The zero-order valence-electron chi connectivity index (χ0n) is 10.5. The first-order chi connectivity index (χ1) is 10.1. The smallest absolute Gasteiger partial charge is 0.187 e. The number of rotatable bonds is 2. The number of benzene rings is 2. The molecule has 0 saturated carbocycles. The molecular weight excluding hydrogens is 316 g/mol. The van der Waals surface area contributed by atoms with Gasteiger partial charge in [-0.3, -0.25) is 0 Å². The molecule has 3 aromatic rings. The zero-order valence-corrected chi connectivity index (χ0v) is 12.0. The molecule has 1 aromatic heterocycles. The fraction of sp³-hybridized carbons (Fsp3) is 0. The summed E-state index contributed by atoms with van der Waals surface area (Å²) >= 11 is 11.9. The quantitative estimate of drug-likeness (QED) is 0.734. The first-order valence-electron chi connectivity index (χ1n) is 5.85. The summed E-state index contributed by atoms with van der Waals surface area (Å²) in [5, 5.41) is 12.1. The second-order valence-corrected chi connectivity index (χ2v) is 5.06. The number of halogens is 3. The van der Waals surface area contributed by atoms with Crippen molar-refractivity contribution in [3.63, 3.8) is 0 Å². The van der Waals surface area contributed by atoms with Crippen LogP contribution in [0.3, 0.4) is 0 Å². The summed E-state index contributed by atoms with van der Waals surface area (Å²) in [7, 11) is 0. The molecule has 3 rings (SSSR count). The fourth-order valence-corrected chi connectivity index (χ4v) is 2.23. The minimum absolute atomic E-state index is 0.200. The largest absolute Gasteiger partial charge is 0.398 e. The molecule has 106 valence electrons. The molecule has 0 unspecified atom stereocenters. The molecule has 2 aromatic carbocycles. The zero-order chi connectivity index (χ0) is 15.0. The van der Waals surface area contributed by atoms with Crippen molar-refractivity contribution in [1.29, 1.82) is 0 Å². The van der Waals surface area contributed by atoms with E-state index in [0.717, 1.165) is 0 Å².